The molecule has 0 aromatic carbocycles. The van der Waals surface area contributed by atoms with Crippen LogP contribution in [0.25, 0.3) is 0 Å². The normalized spacial score (nSPS) is 60.3. The molecule has 2 spiro atoms. The smallest absolute Gasteiger partial charge is 0.306 e. The summed E-state index contributed by atoms with van der Waals surface area (Å²) in [4.78, 5) is 26.3. The Balaban J connectivity index is 1.42. The van der Waals surface area contributed by atoms with E-state index in [0.717, 1.165) is 5.56 Å². The van der Waals surface area contributed by atoms with E-state index in [2.05, 4.69) is 20.8 Å². The Kier molecular flexibility index (Phi) is 4.37. The molecule has 10 nitrogen and oxygen atoms in total. The van der Waals surface area contributed by atoms with Crippen LogP contribution in [-0.4, -0.2) is 63.7 Å². The standard InChI is InChI=1S/C30H38O10/c1-15-24(3)14-28-25(4,17(24)11-19(31)35-6)27-9-8-23(2)18(12-20(32)37-21(23)16-7-10-36-13-16)30(27,22(33)29(15,28)34)40-26(5,38-27)39-28/h7,10,13,15,17-18,21-22,33-34H,8-9,11-12,14H2,1-6H3. The van der Waals surface area contributed by atoms with E-state index < -0.39 is 74.6 Å². The van der Waals surface area contributed by atoms with Crippen LogP contribution in [0.2, 0.25) is 0 Å². The molecular weight excluding hydrogens is 520 g/mol. The first-order valence-electron chi connectivity index (χ1n) is 14.5. The monoisotopic (exact) mass is 558 g/mol. The highest BCUT2D eigenvalue weighted by Crippen LogP contribution is 2.90. The quantitative estimate of drug-likeness (QED) is 0.533. The maximum Gasteiger partial charge on any atom is 0.306 e. The van der Waals surface area contributed by atoms with E-state index in [-0.39, 0.29) is 24.7 Å². The lowest BCUT2D eigenvalue weighted by atomic mass is 9.32. The molecule has 4 aliphatic carbocycles. The first kappa shape index (κ1) is 25.7. The van der Waals surface area contributed by atoms with Gasteiger partial charge in [0.25, 0.3) is 5.97 Å². The highest BCUT2D eigenvalue weighted by atomic mass is 16.9. The van der Waals surface area contributed by atoms with Crippen LogP contribution in [0.1, 0.15) is 78.4 Å². The van der Waals surface area contributed by atoms with Crippen LogP contribution in [-0.2, 0) is 33.3 Å². The first-order chi connectivity index (χ1) is 18.7. The molecule has 218 valence electrons. The van der Waals surface area contributed by atoms with Gasteiger partial charge in [0.05, 0.1) is 26.1 Å². The third kappa shape index (κ3) is 2.13. The predicted molar refractivity (Wildman–Crippen MR) is 134 cm³/mol. The number of hydrogen-bond donors (Lipinski definition) is 2. The lowest BCUT2D eigenvalue weighted by Gasteiger charge is -2.77. The second-order valence-electron chi connectivity index (χ2n) is 14.5. The van der Waals surface area contributed by atoms with Crippen LogP contribution in [0.4, 0.5) is 0 Å². The van der Waals surface area contributed by atoms with Gasteiger partial charge in [0.2, 0.25) is 0 Å². The molecule has 3 aliphatic heterocycles. The van der Waals surface area contributed by atoms with Crippen molar-refractivity contribution in [3.8, 4) is 0 Å². The van der Waals surface area contributed by atoms with Crippen LogP contribution < -0.4 is 0 Å². The van der Waals surface area contributed by atoms with Gasteiger partial charge in [-0.25, -0.2) is 0 Å². The summed E-state index contributed by atoms with van der Waals surface area (Å²) in [6.45, 7) is 9.85. The average molecular weight is 559 g/mol. The van der Waals surface area contributed by atoms with Crippen LogP contribution in [0, 0.1) is 34.0 Å². The Labute approximate surface area is 232 Å². The summed E-state index contributed by atoms with van der Waals surface area (Å²) in [6.07, 6.45) is 2.66. The molecule has 13 unspecified atom stereocenters. The van der Waals surface area contributed by atoms with Gasteiger partial charge >= 0.3 is 11.9 Å². The maximum absolute atomic E-state index is 13.4. The number of fused-ring (bicyclic) bond motifs is 3. The van der Waals surface area contributed by atoms with Gasteiger partial charge in [0.15, 0.2) is 0 Å². The molecule has 13 atom stereocenters. The van der Waals surface area contributed by atoms with Gasteiger partial charge in [-0.15, -0.1) is 0 Å². The average Bonchev–Trinajstić information content (AvgIpc) is 3.59. The maximum atomic E-state index is 13.4. The van der Waals surface area contributed by atoms with E-state index in [4.69, 9.17) is 28.1 Å². The Morgan fingerprint density at radius 1 is 1.10 bits per heavy atom. The third-order valence-electron chi connectivity index (χ3n) is 13.6. The van der Waals surface area contributed by atoms with Crippen molar-refractivity contribution in [2.75, 3.05) is 7.11 Å². The summed E-state index contributed by atoms with van der Waals surface area (Å²) in [7, 11) is 1.38. The largest absolute Gasteiger partial charge is 0.472 e. The van der Waals surface area contributed by atoms with E-state index in [1.54, 1.807) is 25.5 Å². The first-order valence-corrected chi connectivity index (χ1v) is 14.5. The number of hydrogen-bond acceptors (Lipinski definition) is 10. The third-order valence-corrected chi connectivity index (χ3v) is 13.6. The number of aliphatic hydroxyl groups is 2. The van der Waals surface area contributed by atoms with Crippen molar-refractivity contribution in [3.63, 3.8) is 0 Å². The number of ether oxygens (including phenoxy) is 5. The molecular formula is C30H38O10. The fourth-order valence-corrected chi connectivity index (χ4v) is 12.1. The molecule has 1 aromatic heterocycles. The fourth-order valence-electron chi connectivity index (χ4n) is 12.1. The molecule has 2 N–H and O–H groups in total. The molecule has 1 aromatic rings. The van der Waals surface area contributed by atoms with E-state index in [0.29, 0.717) is 19.3 Å². The topological polar surface area (TPSA) is 134 Å². The van der Waals surface area contributed by atoms with Gasteiger partial charge in [-0.2, -0.15) is 0 Å². The van der Waals surface area contributed by atoms with Gasteiger partial charge in [-0.1, -0.05) is 27.7 Å². The van der Waals surface area contributed by atoms with Crippen LogP contribution in [0.15, 0.2) is 23.0 Å². The van der Waals surface area contributed by atoms with Crippen molar-refractivity contribution >= 4 is 11.9 Å². The van der Waals surface area contributed by atoms with E-state index >= 15 is 0 Å². The molecule has 4 saturated carbocycles. The van der Waals surface area contributed by atoms with Crippen molar-refractivity contribution in [1.82, 2.24) is 0 Å². The van der Waals surface area contributed by atoms with E-state index in [1.807, 2.05) is 6.92 Å². The van der Waals surface area contributed by atoms with Crippen molar-refractivity contribution in [2.24, 2.45) is 34.0 Å². The van der Waals surface area contributed by atoms with E-state index in [9.17, 15) is 19.8 Å². The Morgan fingerprint density at radius 3 is 2.50 bits per heavy atom. The Bertz CT molecular complexity index is 1350. The van der Waals surface area contributed by atoms with Crippen LogP contribution in [0.3, 0.4) is 0 Å². The van der Waals surface area contributed by atoms with Crippen LogP contribution >= 0.6 is 0 Å². The van der Waals surface area contributed by atoms with E-state index in [1.165, 1.54) is 7.11 Å². The molecule has 3 saturated heterocycles. The molecule has 7 aliphatic rings. The zero-order valence-electron chi connectivity index (χ0n) is 23.8. The Morgan fingerprint density at radius 2 is 1.82 bits per heavy atom. The van der Waals surface area contributed by atoms with Crippen LogP contribution in [0.5, 0.6) is 0 Å². The summed E-state index contributed by atoms with van der Waals surface area (Å²) in [6, 6.07) is 1.79. The summed E-state index contributed by atoms with van der Waals surface area (Å²) < 4.78 is 37.3. The van der Waals surface area contributed by atoms with Gasteiger partial charge in [-0.3, -0.25) is 9.59 Å². The second kappa shape index (κ2) is 6.80. The molecule has 4 bridgehead atoms. The molecule has 10 heteroatoms. The molecule has 7 fully saturated rings. The summed E-state index contributed by atoms with van der Waals surface area (Å²) >= 11 is 0. The van der Waals surface area contributed by atoms with Gasteiger partial charge in [0.1, 0.15) is 34.6 Å². The minimum absolute atomic E-state index is 0.0183. The number of aliphatic hydroxyl groups excluding tert-OH is 1. The molecule has 40 heavy (non-hydrogen) atoms. The Hall–Kier alpha value is -1.98. The number of rotatable bonds is 3. The number of carbonyl (C=O) groups is 2. The zero-order chi connectivity index (χ0) is 28.5. The molecule has 4 heterocycles. The summed E-state index contributed by atoms with van der Waals surface area (Å²) in [5.74, 6) is -3.67. The minimum atomic E-state index is -1.72. The molecule has 0 radical (unpaired) electrons. The summed E-state index contributed by atoms with van der Waals surface area (Å²) in [5, 5.41) is 25.7. The number of furan rings is 1. The van der Waals surface area contributed by atoms with Crippen molar-refractivity contribution in [2.45, 2.75) is 107 Å². The van der Waals surface area contributed by atoms with Crippen molar-refractivity contribution in [3.05, 3.63) is 24.2 Å². The minimum Gasteiger partial charge on any atom is -0.472 e. The highest BCUT2D eigenvalue weighted by Gasteiger charge is 3.01. The highest BCUT2D eigenvalue weighted by molar-refractivity contribution is 5.73. The predicted octanol–water partition coefficient (Wildman–Crippen LogP) is 3.00. The number of carbonyl (C=O) groups excluding carboxylic acids is 2. The van der Waals surface area contributed by atoms with Crippen molar-refractivity contribution in [1.29, 1.82) is 0 Å². The number of cyclic esters (lactones) is 1. The lowest BCUT2D eigenvalue weighted by Crippen LogP contribution is -2.92. The number of methoxy groups -OCH3 is 1. The summed E-state index contributed by atoms with van der Waals surface area (Å²) in [5.41, 5.74) is -7.10. The van der Waals surface area contributed by atoms with Gasteiger partial charge < -0.3 is 38.3 Å². The molecule has 0 amide bonds. The zero-order valence-corrected chi connectivity index (χ0v) is 23.8. The number of esters is 2. The molecule has 8 rings (SSSR count). The van der Waals surface area contributed by atoms with Crippen molar-refractivity contribution < 1.29 is 47.9 Å². The fraction of sp³-hybridized carbons (Fsp3) is 0.800. The van der Waals surface area contributed by atoms with Gasteiger partial charge in [-0.05, 0) is 42.6 Å². The van der Waals surface area contributed by atoms with Gasteiger partial charge in [0, 0.05) is 35.7 Å². The second-order valence-corrected chi connectivity index (χ2v) is 14.5. The lowest BCUT2D eigenvalue weighted by molar-refractivity contribution is -0.476. The SMILES string of the molecule is COC(=O)CC1C2(C)CC34OC5(C)OC6(C7CC(=O)OC(c8ccoc8)C7(C)CCC6(O5)C13C)C(O)C4(O)C2C.